The van der Waals surface area contributed by atoms with Gasteiger partial charge in [0.25, 0.3) is 5.91 Å². The number of amides is 1. The number of carbonyl (C=O) groups is 1. The summed E-state index contributed by atoms with van der Waals surface area (Å²) in [5.41, 5.74) is 10.8. The Kier molecular flexibility index (Phi) is 4.14. The lowest BCUT2D eigenvalue weighted by Gasteiger charge is -2.25. The third kappa shape index (κ3) is 2.98. The van der Waals surface area contributed by atoms with Crippen LogP contribution >= 0.6 is 0 Å². The Hall–Kier alpha value is -2.29. The van der Waals surface area contributed by atoms with Gasteiger partial charge in [0.15, 0.2) is 0 Å². The van der Waals surface area contributed by atoms with Crippen LogP contribution in [0.25, 0.3) is 0 Å². The fourth-order valence-electron chi connectivity index (χ4n) is 3.26. The van der Waals surface area contributed by atoms with Gasteiger partial charge in [0.05, 0.1) is 0 Å². The summed E-state index contributed by atoms with van der Waals surface area (Å²) < 4.78 is 0. The fraction of sp³-hybridized carbons (Fsp3) is 0.316. The Morgan fingerprint density at radius 3 is 2.95 bits per heavy atom. The Balaban J connectivity index is 1.71. The van der Waals surface area contributed by atoms with Crippen LogP contribution in [0.2, 0.25) is 0 Å². The van der Waals surface area contributed by atoms with Crippen LogP contribution in [0.15, 0.2) is 42.5 Å². The molecule has 2 aromatic rings. The quantitative estimate of drug-likeness (QED) is 0.852. The van der Waals surface area contributed by atoms with Crippen LogP contribution < -0.4 is 11.1 Å². The van der Waals surface area contributed by atoms with Gasteiger partial charge >= 0.3 is 0 Å². The molecule has 0 bridgehead atoms. The van der Waals surface area contributed by atoms with E-state index in [1.54, 1.807) is 6.07 Å². The first kappa shape index (κ1) is 14.6. The van der Waals surface area contributed by atoms with Crippen molar-refractivity contribution in [1.82, 2.24) is 5.32 Å². The van der Waals surface area contributed by atoms with Crippen molar-refractivity contribution in [1.29, 1.82) is 0 Å². The molecule has 0 heterocycles. The molecule has 2 aromatic carbocycles. The van der Waals surface area contributed by atoms with Crippen molar-refractivity contribution >= 4 is 11.6 Å². The molecular weight excluding hydrogens is 272 g/mol. The van der Waals surface area contributed by atoms with Crippen LogP contribution in [0.1, 0.15) is 45.8 Å². The Morgan fingerprint density at radius 1 is 1.27 bits per heavy atom. The first-order valence-corrected chi connectivity index (χ1v) is 7.87. The molecule has 1 atom stereocenters. The first-order chi connectivity index (χ1) is 10.6. The molecule has 0 saturated carbocycles. The van der Waals surface area contributed by atoms with Crippen molar-refractivity contribution in [2.24, 2.45) is 0 Å². The van der Waals surface area contributed by atoms with Crippen LogP contribution in [0.5, 0.6) is 0 Å². The lowest BCUT2D eigenvalue weighted by atomic mass is 9.83. The molecule has 3 heteroatoms. The van der Waals surface area contributed by atoms with Crippen LogP contribution in [0.4, 0.5) is 5.69 Å². The molecule has 114 valence electrons. The number of anilines is 1. The number of rotatable bonds is 3. The van der Waals surface area contributed by atoms with E-state index in [-0.39, 0.29) is 5.91 Å². The molecule has 0 fully saturated rings. The standard InChI is InChI=1S/C19H22N2O/c1-13-9-10-16(20)11-18(13)19(22)21-12-15-7-4-6-14-5-2-3-8-17(14)15/h2-3,5,8-11,15H,4,6-7,12,20H2,1H3,(H,21,22). The summed E-state index contributed by atoms with van der Waals surface area (Å²) in [6.45, 7) is 2.62. The molecule has 3 N–H and O–H groups in total. The smallest absolute Gasteiger partial charge is 0.251 e. The average Bonchev–Trinajstić information content (AvgIpc) is 2.54. The molecule has 0 radical (unpaired) electrons. The molecular formula is C19H22N2O. The monoisotopic (exact) mass is 294 g/mol. The van der Waals surface area contributed by atoms with Crippen molar-refractivity contribution in [2.45, 2.75) is 32.1 Å². The van der Waals surface area contributed by atoms with Crippen molar-refractivity contribution in [3.05, 3.63) is 64.7 Å². The number of aryl methyl sites for hydroxylation is 2. The van der Waals surface area contributed by atoms with E-state index in [1.165, 1.54) is 17.5 Å². The number of hydrogen-bond acceptors (Lipinski definition) is 2. The van der Waals surface area contributed by atoms with Gasteiger partial charge in [-0.25, -0.2) is 0 Å². The third-order valence-electron chi connectivity index (χ3n) is 4.51. The Morgan fingerprint density at radius 2 is 2.09 bits per heavy atom. The maximum absolute atomic E-state index is 12.4. The molecule has 0 saturated heterocycles. The number of carbonyl (C=O) groups excluding carboxylic acids is 1. The minimum Gasteiger partial charge on any atom is -0.399 e. The topological polar surface area (TPSA) is 55.1 Å². The van der Waals surface area contributed by atoms with E-state index in [1.807, 2.05) is 19.1 Å². The second-order valence-electron chi connectivity index (χ2n) is 6.07. The van der Waals surface area contributed by atoms with Crippen LogP contribution in [0.3, 0.4) is 0 Å². The van der Waals surface area contributed by atoms with E-state index in [0.29, 0.717) is 23.7 Å². The van der Waals surface area contributed by atoms with Gasteiger partial charge in [0.2, 0.25) is 0 Å². The van der Waals surface area contributed by atoms with Gasteiger partial charge in [-0.1, -0.05) is 30.3 Å². The Labute approximate surface area is 131 Å². The van der Waals surface area contributed by atoms with E-state index < -0.39 is 0 Å². The minimum absolute atomic E-state index is 0.0344. The van der Waals surface area contributed by atoms with Crippen LogP contribution in [-0.4, -0.2) is 12.5 Å². The van der Waals surface area contributed by atoms with E-state index in [9.17, 15) is 4.79 Å². The Bertz CT molecular complexity index is 694. The van der Waals surface area contributed by atoms with Gasteiger partial charge in [-0.3, -0.25) is 4.79 Å². The highest BCUT2D eigenvalue weighted by Gasteiger charge is 2.20. The molecule has 1 unspecified atom stereocenters. The van der Waals surface area contributed by atoms with Gasteiger partial charge in [-0.05, 0) is 55.0 Å². The number of benzene rings is 2. The number of fused-ring (bicyclic) bond motifs is 1. The lowest BCUT2D eigenvalue weighted by molar-refractivity contribution is 0.0949. The molecule has 22 heavy (non-hydrogen) atoms. The summed E-state index contributed by atoms with van der Waals surface area (Å²) in [6, 6.07) is 14.0. The molecule has 1 aliphatic carbocycles. The summed E-state index contributed by atoms with van der Waals surface area (Å²) in [7, 11) is 0. The van der Waals surface area contributed by atoms with Crippen molar-refractivity contribution < 1.29 is 4.79 Å². The van der Waals surface area contributed by atoms with E-state index in [0.717, 1.165) is 18.4 Å². The second-order valence-corrected chi connectivity index (χ2v) is 6.07. The zero-order valence-corrected chi connectivity index (χ0v) is 12.9. The maximum atomic E-state index is 12.4. The zero-order chi connectivity index (χ0) is 15.5. The van der Waals surface area contributed by atoms with Crippen LogP contribution in [0, 0.1) is 6.92 Å². The predicted molar refractivity (Wildman–Crippen MR) is 90.0 cm³/mol. The molecule has 1 amide bonds. The molecule has 3 rings (SSSR count). The fourth-order valence-corrected chi connectivity index (χ4v) is 3.26. The summed E-state index contributed by atoms with van der Waals surface area (Å²) in [4.78, 5) is 12.4. The van der Waals surface area contributed by atoms with Gasteiger partial charge in [-0.15, -0.1) is 0 Å². The largest absolute Gasteiger partial charge is 0.399 e. The van der Waals surface area contributed by atoms with Crippen molar-refractivity contribution in [3.8, 4) is 0 Å². The zero-order valence-electron chi connectivity index (χ0n) is 12.9. The van der Waals surface area contributed by atoms with E-state index >= 15 is 0 Å². The molecule has 0 aromatic heterocycles. The van der Waals surface area contributed by atoms with Gasteiger partial charge in [-0.2, -0.15) is 0 Å². The normalized spacial score (nSPS) is 16.9. The molecule has 1 aliphatic rings. The minimum atomic E-state index is -0.0344. The van der Waals surface area contributed by atoms with E-state index in [4.69, 9.17) is 5.73 Å². The average molecular weight is 294 g/mol. The number of nitrogens with two attached hydrogens (primary N) is 1. The molecule has 3 nitrogen and oxygen atoms in total. The summed E-state index contributed by atoms with van der Waals surface area (Å²) >= 11 is 0. The van der Waals surface area contributed by atoms with Gasteiger partial charge in [0.1, 0.15) is 0 Å². The van der Waals surface area contributed by atoms with E-state index in [2.05, 4.69) is 29.6 Å². The van der Waals surface area contributed by atoms with Crippen molar-refractivity contribution in [2.75, 3.05) is 12.3 Å². The molecule has 0 spiro atoms. The highest BCUT2D eigenvalue weighted by Crippen LogP contribution is 2.30. The molecule has 0 aliphatic heterocycles. The van der Waals surface area contributed by atoms with Crippen molar-refractivity contribution in [3.63, 3.8) is 0 Å². The summed E-state index contributed by atoms with van der Waals surface area (Å²) in [5, 5.41) is 3.08. The van der Waals surface area contributed by atoms with Crippen LogP contribution in [-0.2, 0) is 6.42 Å². The first-order valence-electron chi connectivity index (χ1n) is 7.87. The predicted octanol–water partition coefficient (Wildman–Crippen LogP) is 3.43. The highest BCUT2D eigenvalue weighted by atomic mass is 16.1. The number of nitrogen functional groups attached to an aromatic ring is 1. The van der Waals surface area contributed by atoms with Gasteiger partial charge < -0.3 is 11.1 Å². The number of nitrogens with one attached hydrogen (secondary N) is 1. The maximum Gasteiger partial charge on any atom is 0.251 e. The second kappa shape index (κ2) is 6.22. The van der Waals surface area contributed by atoms with Gasteiger partial charge in [0, 0.05) is 23.7 Å². The number of hydrogen-bond donors (Lipinski definition) is 2. The lowest BCUT2D eigenvalue weighted by Crippen LogP contribution is -2.30. The highest BCUT2D eigenvalue weighted by molar-refractivity contribution is 5.96. The summed E-state index contributed by atoms with van der Waals surface area (Å²) in [5.74, 6) is 0.378. The third-order valence-corrected chi connectivity index (χ3v) is 4.51. The summed E-state index contributed by atoms with van der Waals surface area (Å²) in [6.07, 6.45) is 3.47. The SMILES string of the molecule is Cc1ccc(N)cc1C(=O)NCC1CCCc2ccccc21.